The maximum Gasteiger partial charge on any atom is 0.264 e. The molecule has 2 aromatic carbocycles. The number of aryl methyl sites for hydroxylation is 2. The molecule has 3 N–H and O–H groups in total. The third kappa shape index (κ3) is 5.86. The zero-order valence-electron chi connectivity index (χ0n) is 21.5. The third-order valence-electron chi connectivity index (χ3n) is 6.23. The molecule has 0 amide bonds. The van der Waals surface area contributed by atoms with Crippen molar-refractivity contribution in [2.24, 2.45) is 5.41 Å². The summed E-state index contributed by atoms with van der Waals surface area (Å²) in [6.07, 6.45) is -0.782. The second kappa shape index (κ2) is 9.80. The van der Waals surface area contributed by atoms with E-state index in [1.54, 1.807) is 18.2 Å². The van der Waals surface area contributed by atoms with Crippen molar-refractivity contribution in [1.82, 2.24) is 15.3 Å². The number of hydrogen-bond donors (Lipinski definition) is 3. The average Bonchev–Trinajstić information content (AvgIpc) is 2.77. The molecule has 3 aromatic rings. The van der Waals surface area contributed by atoms with Crippen molar-refractivity contribution in [1.29, 1.82) is 0 Å². The number of aliphatic hydroxyl groups is 1. The Bertz CT molecular complexity index is 1350. The summed E-state index contributed by atoms with van der Waals surface area (Å²) in [6, 6.07) is 13.6. The molecule has 0 saturated carbocycles. The van der Waals surface area contributed by atoms with Gasteiger partial charge in [0.05, 0.1) is 10.6 Å². The van der Waals surface area contributed by atoms with Crippen LogP contribution < -0.4 is 14.8 Å². The first kappa shape index (κ1) is 26.1. The van der Waals surface area contributed by atoms with Crippen molar-refractivity contribution in [2.75, 3.05) is 4.72 Å². The lowest BCUT2D eigenvalue weighted by Gasteiger charge is -2.33. The van der Waals surface area contributed by atoms with Crippen molar-refractivity contribution in [3.05, 3.63) is 65.2 Å². The Kier molecular flexibility index (Phi) is 7.10. The van der Waals surface area contributed by atoms with Crippen LogP contribution in [0.1, 0.15) is 57.0 Å². The number of nitrogens with zero attached hydrogens (tertiary/aromatic N) is 2. The number of fused-ring (bicyclic) bond motifs is 4. The lowest BCUT2D eigenvalue weighted by molar-refractivity contribution is 0.0651. The summed E-state index contributed by atoms with van der Waals surface area (Å²) >= 11 is 0. The highest BCUT2D eigenvalue weighted by Crippen LogP contribution is 2.31. The Morgan fingerprint density at radius 3 is 2.36 bits per heavy atom. The van der Waals surface area contributed by atoms with Crippen LogP contribution in [-0.4, -0.2) is 35.6 Å². The van der Waals surface area contributed by atoms with Crippen LogP contribution in [0.2, 0.25) is 0 Å². The van der Waals surface area contributed by atoms with Crippen LogP contribution in [0, 0.1) is 19.3 Å². The van der Waals surface area contributed by atoms with E-state index in [2.05, 4.69) is 40.8 Å². The van der Waals surface area contributed by atoms with Crippen LogP contribution >= 0.6 is 0 Å². The molecule has 8 nitrogen and oxygen atoms in total. The molecule has 0 radical (unpaired) electrons. The summed E-state index contributed by atoms with van der Waals surface area (Å²) < 4.78 is 35.3. The van der Waals surface area contributed by atoms with Gasteiger partial charge in [0.2, 0.25) is 11.8 Å². The number of aromatic nitrogens is 2. The first-order valence-corrected chi connectivity index (χ1v) is 13.5. The van der Waals surface area contributed by atoms with E-state index in [4.69, 9.17) is 4.74 Å². The molecular weight excluding hydrogens is 476 g/mol. The molecule has 1 aliphatic heterocycles. The Morgan fingerprint density at radius 1 is 1.03 bits per heavy atom. The van der Waals surface area contributed by atoms with Crippen LogP contribution in [0.4, 0.5) is 5.95 Å². The molecule has 0 aliphatic carbocycles. The van der Waals surface area contributed by atoms with Gasteiger partial charge < -0.3 is 9.84 Å². The fraction of sp³-hybridized carbons (Fsp3) is 0.407. The first-order valence-electron chi connectivity index (χ1n) is 12.0. The van der Waals surface area contributed by atoms with Gasteiger partial charge in [-0.15, -0.1) is 0 Å². The maximum atomic E-state index is 13.2. The van der Waals surface area contributed by atoms with Gasteiger partial charge in [-0.3, -0.25) is 5.32 Å². The van der Waals surface area contributed by atoms with Crippen molar-refractivity contribution >= 4 is 16.0 Å². The van der Waals surface area contributed by atoms with E-state index in [0.717, 1.165) is 16.7 Å². The summed E-state index contributed by atoms with van der Waals surface area (Å²) in [7, 11) is -4.03. The Balaban J connectivity index is 1.89. The molecule has 36 heavy (non-hydrogen) atoms. The van der Waals surface area contributed by atoms with Gasteiger partial charge in [-0.25, -0.2) is 18.1 Å². The molecule has 4 bridgehead atoms. The van der Waals surface area contributed by atoms with Crippen LogP contribution in [0.25, 0.3) is 11.3 Å². The van der Waals surface area contributed by atoms with Gasteiger partial charge in [-0.05, 0) is 61.4 Å². The van der Waals surface area contributed by atoms with Gasteiger partial charge in [0, 0.05) is 17.7 Å². The van der Waals surface area contributed by atoms with E-state index in [1.807, 2.05) is 39.0 Å². The van der Waals surface area contributed by atoms with Crippen molar-refractivity contribution in [3.63, 3.8) is 0 Å². The van der Waals surface area contributed by atoms with Crippen molar-refractivity contribution in [3.8, 4) is 17.1 Å². The number of ether oxygens (including phenoxy) is 1. The van der Waals surface area contributed by atoms with Crippen LogP contribution in [0.15, 0.2) is 53.4 Å². The predicted molar refractivity (Wildman–Crippen MR) is 140 cm³/mol. The number of hydrogen-bond acceptors (Lipinski definition) is 7. The van der Waals surface area contributed by atoms with Gasteiger partial charge in [-0.1, -0.05) is 51.1 Å². The largest absolute Gasteiger partial charge is 0.473 e. The number of rotatable bonds is 2. The highest BCUT2D eigenvalue weighted by atomic mass is 32.2. The molecule has 1 aromatic heterocycles. The zero-order chi connectivity index (χ0) is 26.3. The van der Waals surface area contributed by atoms with Crippen LogP contribution in [0.3, 0.4) is 0 Å². The summed E-state index contributed by atoms with van der Waals surface area (Å²) in [5.41, 5.74) is 3.83. The second-order valence-electron chi connectivity index (χ2n) is 10.6. The van der Waals surface area contributed by atoms with Crippen molar-refractivity contribution in [2.45, 2.75) is 71.2 Å². The summed E-state index contributed by atoms with van der Waals surface area (Å²) in [5.74, 6) is 0.164. The number of aliphatic hydroxyl groups excluding tert-OH is 1. The van der Waals surface area contributed by atoms with Gasteiger partial charge >= 0.3 is 0 Å². The Labute approximate surface area is 213 Å². The first-order chi connectivity index (χ1) is 16.8. The molecule has 3 atom stereocenters. The average molecular weight is 511 g/mol. The number of anilines is 1. The molecule has 0 spiro atoms. The highest BCUT2D eigenvalue weighted by Gasteiger charge is 2.29. The maximum absolute atomic E-state index is 13.2. The lowest BCUT2D eigenvalue weighted by Crippen LogP contribution is -2.45. The zero-order valence-corrected chi connectivity index (χ0v) is 22.3. The fourth-order valence-electron chi connectivity index (χ4n) is 4.50. The quantitative estimate of drug-likeness (QED) is 0.457. The molecule has 192 valence electrons. The minimum atomic E-state index is -4.03. The summed E-state index contributed by atoms with van der Waals surface area (Å²) in [4.78, 5) is 8.96. The summed E-state index contributed by atoms with van der Waals surface area (Å²) in [5, 5.41) is 14.2. The highest BCUT2D eigenvalue weighted by molar-refractivity contribution is 7.92. The van der Waals surface area contributed by atoms with E-state index in [9.17, 15) is 13.5 Å². The monoisotopic (exact) mass is 510 g/mol. The van der Waals surface area contributed by atoms with E-state index in [0.29, 0.717) is 17.7 Å². The van der Waals surface area contributed by atoms with E-state index in [1.165, 1.54) is 12.1 Å². The minimum absolute atomic E-state index is 0.00376. The molecule has 4 rings (SSSR count). The van der Waals surface area contributed by atoms with E-state index in [-0.39, 0.29) is 28.2 Å². The molecule has 1 aliphatic rings. The number of sulfonamides is 1. The molecule has 2 heterocycles. The molecule has 0 saturated heterocycles. The second-order valence-corrected chi connectivity index (χ2v) is 12.3. The lowest BCUT2D eigenvalue weighted by atomic mass is 9.86. The van der Waals surface area contributed by atoms with E-state index < -0.39 is 22.4 Å². The van der Waals surface area contributed by atoms with Gasteiger partial charge in [0.1, 0.15) is 12.3 Å². The molecule has 9 heteroatoms. The molecule has 0 fully saturated rings. The third-order valence-corrected chi connectivity index (χ3v) is 7.55. The fourth-order valence-corrected chi connectivity index (χ4v) is 5.50. The predicted octanol–water partition coefficient (Wildman–Crippen LogP) is 4.73. The van der Waals surface area contributed by atoms with Gasteiger partial charge in [0.15, 0.2) is 0 Å². The topological polar surface area (TPSA) is 113 Å². The van der Waals surface area contributed by atoms with Gasteiger partial charge in [-0.2, -0.15) is 4.98 Å². The van der Waals surface area contributed by atoms with E-state index >= 15 is 0 Å². The van der Waals surface area contributed by atoms with Crippen molar-refractivity contribution < 1.29 is 18.3 Å². The number of nitrogens with one attached hydrogen (secondary N) is 2. The Morgan fingerprint density at radius 2 is 1.69 bits per heavy atom. The van der Waals surface area contributed by atoms with Gasteiger partial charge in [0.25, 0.3) is 10.0 Å². The SMILES string of the molecule is Cc1cccc(C)c1-c1cc2nc(n1)NS(=O)(=O)c1cccc(c1)C(O)N[C@@H](CC(C)(C)C)[C@H](C)O2. The summed E-state index contributed by atoms with van der Waals surface area (Å²) in [6.45, 7) is 12.2. The van der Waals surface area contributed by atoms with Crippen LogP contribution in [-0.2, 0) is 10.0 Å². The smallest absolute Gasteiger partial charge is 0.264 e. The minimum Gasteiger partial charge on any atom is -0.473 e. The standard InChI is InChI=1S/C27H34N4O4S/c1-16-9-7-10-17(2)24(16)21-14-23-30-26(29-21)31-36(33,34)20-12-8-11-19(13-20)25(32)28-22(18(3)35-23)15-27(4,5)6/h7-14,18,22,25,28,32H,15H2,1-6H3,(H,29,30,31)/t18-,22-,25?/m0/s1. The Hall–Kier alpha value is -3.01. The molecular formula is C27H34N4O4S. The van der Waals surface area contributed by atoms with Crippen LogP contribution in [0.5, 0.6) is 5.88 Å². The molecule has 1 unspecified atom stereocenters. The normalized spacial score (nSPS) is 21.8. The number of benzene rings is 2.